The predicted octanol–water partition coefficient (Wildman–Crippen LogP) is 2.21. The van der Waals surface area contributed by atoms with E-state index < -0.39 is 12.1 Å². The summed E-state index contributed by atoms with van der Waals surface area (Å²) in [5.74, 6) is -0.254. The zero-order chi connectivity index (χ0) is 12.7. The van der Waals surface area contributed by atoms with Gasteiger partial charge < -0.3 is 9.47 Å². The molecule has 1 aromatic carbocycles. The smallest absolute Gasteiger partial charge is 0.439 e. The highest BCUT2D eigenvalue weighted by molar-refractivity contribution is 6.36. The Hall–Kier alpha value is -2.17. The number of esters is 1. The molecule has 0 aliphatic carbocycles. The largest absolute Gasteiger partial charge is 0.462 e. The van der Waals surface area contributed by atoms with E-state index in [1.165, 1.54) is 6.92 Å². The van der Waals surface area contributed by atoms with Crippen LogP contribution in [-0.2, 0) is 9.53 Å². The van der Waals surface area contributed by atoms with Crippen LogP contribution in [0.3, 0.4) is 0 Å². The molecule has 5 nitrogen and oxygen atoms in total. The highest BCUT2D eigenvalue weighted by atomic mass is 16.6. The Labute approximate surface area is 99.1 Å². The Morgan fingerprint density at radius 2 is 1.88 bits per heavy atom. The number of amides is 1. The van der Waals surface area contributed by atoms with Crippen LogP contribution >= 0.6 is 0 Å². The fourth-order valence-corrected chi connectivity index (χ4v) is 1.03. The molecule has 0 fully saturated rings. The van der Waals surface area contributed by atoms with Crippen molar-refractivity contribution in [2.75, 3.05) is 6.61 Å². The fraction of sp³-hybridized carbons (Fsp3) is 0.250. The van der Waals surface area contributed by atoms with Crippen molar-refractivity contribution < 1.29 is 19.1 Å². The molecule has 0 aliphatic heterocycles. The van der Waals surface area contributed by atoms with Gasteiger partial charge >= 0.3 is 12.1 Å². The minimum atomic E-state index is -0.846. The van der Waals surface area contributed by atoms with E-state index in [-0.39, 0.29) is 12.3 Å². The van der Waals surface area contributed by atoms with Crippen LogP contribution in [0.4, 0.5) is 4.79 Å². The van der Waals surface area contributed by atoms with Crippen LogP contribution in [0.5, 0.6) is 5.75 Å². The van der Waals surface area contributed by atoms with Crippen LogP contribution in [0, 0.1) is 0 Å². The maximum atomic E-state index is 11.3. The molecule has 1 amide bonds. The molecule has 0 aromatic heterocycles. The highest BCUT2D eigenvalue weighted by Crippen LogP contribution is 2.09. The molecule has 0 saturated carbocycles. The normalized spacial score (nSPS) is 10.8. The number of para-hydroxylation sites is 1. The standard InChI is InChI=1S/C12H13NO4/c1-3-16-11(14)9(2)13-12(15)17-10-7-5-4-6-8-10/h4-8H,3H2,1-2H3. The van der Waals surface area contributed by atoms with Gasteiger partial charge in [-0.1, -0.05) is 18.2 Å². The number of benzene rings is 1. The second-order valence-electron chi connectivity index (χ2n) is 3.10. The summed E-state index contributed by atoms with van der Waals surface area (Å²) in [5, 5.41) is 0. The van der Waals surface area contributed by atoms with Gasteiger partial charge in [0, 0.05) is 0 Å². The van der Waals surface area contributed by atoms with E-state index in [0.717, 1.165) is 0 Å². The summed E-state index contributed by atoms with van der Waals surface area (Å²) in [6, 6.07) is 8.49. The number of rotatable bonds is 3. The zero-order valence-corrected chi connectivity index (χ0v) is 9.67. The molecule has 0 spiro atoms. The molecule has 1 rings (SSSR count). The lowest BCUT2D eigenvalue weighted by Crippen LogP contribution is -2.17. The molecule has 0 radical (unpaired) electrons. The topological polar surface area (TPSA) is 65.0 Å². The number of hydrogen-bond donors (Lipinski definition) is 0. The van der Waals surface area contributed by atoms with Gasteiger partial charge in [0.1, 0.15) is 11.5 Å². The van der Waals surface area contributed by atoms with Crippen LogP contribution in [0.25, 0.3) is 0 Å². The average molecular weight is 235 g/mol. The predicted molar refractivity (Wildman–Crippen MR) is 62.2 cm³/mol. The number of carbonyl (C=O) groups excluding carboxylic acids is 2. The van der Waals surface area contributed by atoms with E-state index in [1.54, 1.807) is 37.3 Å². The third kappa shape index (κ3) is 4.46. The van der Waals surface area contributed by atoms with Gasteiger partial charge in [-0.15, -0.1) is 0 Å². The molecule has 0 saturated heterocycles. The first-order valence-electron chi connectivity index (χ1n) is 5.12. The Balaban J connectivity index is 2.60. The van der Waals surface area contributed by atoms with Crippen molar-refractivity contribution in [3.63, 3.8) is 0 Å². The Bertz CT molecular complexity index is 425. The quantitative estimate of drug-likeness (QED) is 0.595. The second-order valence-corrected chi connectivity index (χ2v) is 3.10. The molecule has 0 atom stereocenters. The van der Waals surface area contributed by atoms with Gasteiger partial charge in [0.2, 0.25) is 0 Å². The maximum Gasteiger partial charge on any atom is 0.439 e. The summed E-state index contributed by atoms with van der Waals surface area (Å²) in [4.78, 5) is 26.0. The fourth-order valence-electron chi connectivity index (χ4n) is 1.03. The van der Waals surface area contributed by atoms with Gasteiger partial charge in [-0.2, -0.15) is 4.99 Å². The van der Waals surface area contributed by atoms with Gasteiger partial charge in [-0.25, -0.2) is 9.59 Å². The van der Waals surface area contributed by atoms with Crippen molar-refractivity contribution in [2.45, 2.75) is 13.8 Å². The van der Waals surface area contributed by atoms with Crippen molar-refractivity contribution in [1.29, 1.82) is 0 Å². The minimum absolute atomic E-state index is 0.0345. The summed E-state index contributed by atoms with van der Waals surface area (Å²) < 4.78 is 9.56. The number of ether oxygens (including phenoxy) is 2. The number of hydrogen-bond acceptors (Lipinski definition) is 4. The van der Waals surface area contributed by atoms with Crippen LogP contribution in [0.15, 0.2) is 35.3 Å². The Morgan fingerprint density at radius 3 is 2.47 bits per heavy atom. The van der Waals surface area contributed by atoms with Crippen molar-refractivity contribution in [1.82, 2.24) is 0 Å². The second kappa shape index (κ2) is 6.42. The van der Waals surface area contributed by atoms with Gasteiger partial charge in [0.05, 0.1) is 6.61 Å². The van der Waals surface area contributed by atoms with E-state index in [1.807, 2.05) is 0 Å². The molecule has 0 N–H and O–H groups in total. The van der Waals surface area contributed by atoms with Gasteiger partial charge in [-0.3, -0.25) is 0 Å². The Morgan fingerprint density at radius 1 is 1.24 bits per heavy atom. The summed E-state index contributed by atoms with van der Waals surface area (Å²) in [5.41, 5.74) is -0.0345. The first-order valence-corrected chi connectivity index (χ1v) is 5.12. The van der Waals surface area contributed by atoms with E-state index in [0.29, 0.717) is 5.75 Å². The molecule has 0 bridgehead atoms. The molecule has 0 heterocycles. The molecular formula is C12H13NO4. The number of carbonyl (C=O) groups is 2. The van der Waals surface area contributed by atoms with E-state index in [4.69, 9.17) is 4.74 Å². The van der Waals surface area contributed by atoms with Gasteiger partial charge in [0.15, 0.2) is 0 Å². The lowest BCUT2D eigenvalue weighted by Gasteiger charge is -2.01. The van der Waals surface area contributed by atoms with Crippen molar-refractivity contribution in [3.8, 4) is 5.75 Å². The first kappa shape index (κ1) is 12.9. The third-order valence-electron chi connectivity index (χ3n) is 1.78. The summed E-state index contributed by atoms with van der Waals surface area (Å²) in [6.07, 6.45) is -0.846. The lowest BCUT2D eigenvalue weighted by atomic mass is 10.3. The van der Waals surface area contributed by atoms with Crippen LogP contribution in [0.1, 0.15) is 13.8 Å². The summed E-state index contributed by atoms with van der Waals surface area (Å²) in [7, 11) is 0. The minimum Gasteiger partial charge on any atom is -0.462 e. The highest BCUT2D eigenvalue weighted by Gasteiger charge is 2.10. The van der Waals surface area contributed by atoms with Crippen LogP contribution in [0.2, 0.25) is 0 Å². The first-order chi connectivity index (χ1) is 8.13. The van der Waals surface area contributed by atoms with Crippen LogP contribution in [-0.4, -0.2) is 24.4 Å². The average Bonchev–Trinajstić information content (AvgIpc) is 2.30. The van der Waals surface area contributed by atoms with Gasteiger partial charge in [0.25, 0.3) is 0 Å². The third-order valence-corrected chi connectivity index (χ3v) is 1.78. The van der Waals surface area contributed by atoms with E-state index in [2.05, 4.69) is 9.73 Å². The molecule has 0 unspecified atom stereocenters. The maximum absolute atomic E-state index is 11.3. The van der Waals surface area contributed by atoms with E-state index in [9.17, 15) is 9.59 Å². The van der Waals surface area contributed by atoms with Crippen molar-refractivity contribution in [3.05, 3.63) is 30.3 Å². The molecule has 17 heavy (non-hydrogen) atoms. The number of aliphatic imine (C=N–C) groups is 1. The molecular weight excluding hydrogens is 222 g/mol. The molecule has 90 valence electrons. The van der Waals surface area contributed by atoms with Crippen molar-refractivity contribution in [2.24, 2.45) is 4.99 Å². The van der Waals surface area contributed by atoms with E-state index >= 15 is 0 Å². The van der Waals surface area contributed by atoms with Crippen molar-refractivity contribution >= 4 is 17.8 Å². The number of nitrogens with zero attached hydrogens (tertiary/aromatic N) is 1. The molecule has 0 aliphatic rings. The molecule has 5 heteroatoms. The summed E-state index contributed by atoms with van der Waals surface area (Å²) in [6.45, 7) is 3.30. The monoisotopic (exact) mass is 235 g/mol. The SMILES string of the molecule is CCOC(=O)C(C)=NC(=O)Oc1ccccc1. The molecule has 1 aromatic rings. The zero-order valence-electron chi connectivity index (χ0n) is 9.67. The Kier molecular flexibility index (Phi) is 4.87. The lowest BCUT2D eigenvalue weighted by molar-refractivity contribution is -0.135. The summed E-state index contributed by atoms with van der Waals surface area (Å²) >= 11 is 0. The van der Waals surface area contributed by atoms with Gasteiger partial charge in [-0.05, 0) is 26.0 Å². The van der Waals surface area contributed by atoms with Crippen LogP contribution < -0.4 is 4.74 Å².